The van der Waals surface area contributed by atoms with Gasteiger partial charge in [0.2, 0.25) is 5.82 Å². The first-order valence-electron chi connectivity index (χ1n) is 16.9. The van der Waals surface area contributed by atoms with Crippen molar-refractivity contribution >= 4 is 6.09 Å². The summed E-state index contributed by atoms with van der Waals surface area (Å²) in [6, 6.07) is 19.0. The molecule has 0 spiro atoms. The maximum absolute atomic E-state index is 13.1. The molecule has 3 aromatic carbocycles. The zero-order valence-electron chi connectivity index (χ0n) is 27.5. The number of fused-ring (bicyclic) bond motifs is 5. The minimum absolute atomic E-state index is 0.0888. The maximum atomic E-state index is 13.1. The topological polar surface area (TPSA) is 132 Å². The number of hydrogen-bond acceptors (Lipinski definition) is 9. The van der Waals surface area contributed by atoms with Crippen LogP contribution in [0.4, 0.5) is 4.79 Å². The lowest BCUT2D eigenvalue weighted by Crippen LogP contribution is -2.30. The predicted molar refractivity (Wildman–Crippen MR) is 181 cm³/mol. The van der Waals surface area contributed by atoms with Crippen molar-refractivity contribution in [3.63, 3.8) is 0 Å². The van der Waals surface area contributed by atoms with Gasteiger partial charge in [0.25, 0.3) is 0 Å². The summed E-state index contributed by atoms with van der Waals surface area (Å²) in [6.07, 6.45) is 9.76. The van der Waals surface area contributed by atoms with Gasteiger partial charge in [-0.1, -0.05) is 73.6 Å². The molecule has 0 unspecified atom stereocenters. The molecule has 0 saturated heterocycles. The molecular formula is C37H40N8O3. The van der Waals surface area contributed by atoms with Crippen LogP contribution >= 0.6 is 0 Å². The quantitative estimate of drug-likeness (QED) is 0.187. The van der Waals surface area contributed by atoms with Crippen LogP contribution in [-0.2, 0) is 25.9 Å². The maximum Gasteiger partial charge on any atom is 0.415 e. The van der Waals surface area contributed by atoms with Gasteiger partial charge in [0.1, 0.15) is 17.2 Å². The first kappa shape index (κ1) is 31.4. The molecule has 2 aromatic heterocycles. The molecule has 2 aliphatic rings. The van der Waals surface area contributed by atoms with Gasteiger partial charge >= 0.3 is 6.09 Å². The number of ether oxygens (including phenoxy) is 1. The third kappa shape index (κ3) is 6.90. The van der Waals surface area contributed by atoms with Gasteiger partial charge in [0.15, 0.2) is 5.82 Å². The van der Waals surface area contributed by atoms with Gasteiger partial charge in [-0.2, -0.15) is 0 Å². The number of rotatable bonds is 7. The Morgan fingerprint density at radius 2 is 1.58 bits per heavy atom. The van der Waals surface area contributed by atoms with Crippen molar-refractivity contribution in [1.29, 1.82) is 0 Å². The van der Waals surface area contributed by atoms with Gasteiger partial charge < -0.3 is 14.7 Å². The molecule has 1 saturated carbocycles. The number of aromatic hydroxyl groups is 1. The van der Waals surface area contributed by atoms with Gasteiger partial charge in [-0.15, -0.1) is 25.5 Å². The number of carbonyl (C=O) groups excluding carboxylic acids is 1. The van der Waals surface area contributed by atoms with Crippen molar-refractivity contribution in [2.45, 2.75) is 77.8 Å². The van der Waals surface area contributed by atoms with E-state index in [4.69, 9.17) is 9.84 Å². The van der Waals surface area contributed by atoms with Crippen LogP contribution < -0.4 is 4.74 Å². The number of aromatic nitrogens is 7. The van der Waals surface area contributed by atoms with E-state index in [9.17, 15) is 9.90 Å². The highest BCUT2D eigenvalue weighted by Gasteiger charge is 2.26. The number of phenolic OH excluding ortho intramolecular Hbond substituents is 1. The minimum Gasteiger partial charge on any atom is -0.508 e. The average Bonchev–Trinajstić information content (AvgIpc) is 3.31. The lowest BCUT2D eigenvalue weighted by atomic mass is 9.89. The van der Waals surface area contributed by atoms with Gasteiger partial charge in [0.05, 0.1) is 12.2 Å². The molecule has 0 bridgehead atoms. The fraction of sp³-hybridized carbons (Fsp3) is 0.378. The zero-order valence-corrected chi connectivity index (χ0v) is 27.5. The Bertz CT molecular complexity index is 1900. The van der Waals surface area contributed by atoms with E-state index in [-0.39, 0.29) is 12.3 Å². The van der Waals surface area contributed by atoms with E-state index in [1.807, 2.05) is 60.1 Å². The smallest absolute Gasteiger partial charge is 0.415 e. The molecule has 2 heterocycles. The molecule has 246 valence electrons. The number of amides is 1. The standard InChI is InChI=1S/C37H40N8O3/c1-24-9-11-26(12-10-24)36-41-38-33(39-42-36)23-44(2)37(47)48-30-16-18-31-28(22-30)14-13-27-21-29(46)15-17-32(27)35-34(31)40-43-45(35)20-19-25-7-5-3-4-6-8-25/h9-12,15-18,21-22,25,46H,3-8,13-14,19-20,23H2,1-2H3. The summed E-state index contributed by atoms with van der Waals surface area (Å²) in [5.74, 6) is 2.10. The van der Waals surface area contributed by atoms with E-state index >= 15 is 0 Å². The molecule has 1 N–H and O–H groups in total. The second-order valence-electron chi connectivity index (χ2n) is 13.0. The second kappa shape index (κ2) is 13.9. The summed E-state index contributed by atoms with van der Waals surface area (Å²) in [5, 5.41) is 36.5. The monoisotopic (exact) mass is 644 g/mol. The number of carbonyl (C=O) groups is 1. The molecule has 5 aromatic rings. The highest BCUT2D eigenvalue weighted by molar-refractivity contribution is 5.83. The molecule has 11 nitrogen and oxygen atoms in total. The van der Waals surface area contributed by atoms with Crippen LogP contribution in [0, 0.1) is 12.8 Å². The van der Waals surface area contributed by atoms with Crippen LogP contribution in [0.2, 0.25) is 0 Å². The van der Waals surface area contributed by atoms with E-state index in [0.29, 0.717) is 36.2 Å². The molecule has 0 atom stereocenters. The van der Waals surface area contributed by atoms with Crippen molar-refractivity contribution in [2.75, 3.05) is 7.05 Å². The molecular weight excluding hydrogens is 604 g/mol. The molecule has 48 heavy (non-hydrogen) atoms. The highest BCUT2D eigenvalue weighted by atomic mass is 16.6. The summed E-state index contributed by atoms with van der Waals surface area (Å²) in [5.41, 5.74) is 7.79. The first-order valence-corrected chi connectivity index (χ1v) is 16.9. The molecule has 0 aliphatic heterocycles. The van der Waals surface area contributed by atoms with Gasteiger partial charge in [-0.3, -0.25) is 0 Å². The van der Waals surface area contributed by atoms with Gasteiger partial charge in [-0.05, 0) is 79.6 Å². The summed E-state index contributed by atoms with van der Waals surface area (Å²) >= 11 is 0. The Labute approximate surface area is 280 Å². The molecule has 0 radical (unpaired) electrons. The van der Waals surface area contributed by atoms with Crippen molar-refractivity contribution in [3.05, 3.63) is 83.2 Å². The number of aryl methyl sites for hydroxylation is 4. The molecule has 11 heteroatoms. The van der Waals surface area contributed by atoms with E-state index in [1.54, 1.807) is 19.2 Å². The van der Waals surface area contributed by atoms with Gasteiger partial charge in [-0.25, -0.2) is 9.48 Å². The number of hydrogen-bond donors (Lipinski definition) is 1. The van der Waals surface area contributed by atoms with Crippen LogP contribution in [-0.4, -0.2) is 58.5 Å². The number of nitrogens with zero attached hydrogens (tertiary/aromatic N) is 8. The summed E-state index contributed by atoms with van der Waals surface area (Å²) in [7, 11) is 1.62. The highest BCUT2D eigenvalue weighted by Crippen LogP contribution is 2.40. The Hall–Kier alpha value is -5.19. The zero-order chi connectivity index (χ0) is 33.0. The van der Waals surface area contributed by atoms with E-state index < -0.39 is 6.09 Å². The van der Waals surface area contributed by atoms with Crippen molar-refractivity contribution in [3.8, 4) is 45.4 Å². The van der Waals surface area contributed by atoms with E-state index in [1.165, 1.54) is 43.4 Å². The minimum atomic E-state index is -0.549. The van der Waals surface area contributed by atoms with Crippen molar-refractivity contribution < 1.29 is 14.6 Å². The van der Waals surface area contributed by atoms with Crippen LogP contribution in [0.1, 0.15) is 67.5 Å². The second-order valence-corrected chi connectivity index (χ2v) is 13.0. The lowest BCUT2D eigenvalue weighted by molar-refractivity contribution is 0.159. The first-order chi connectivity index (χ1) is 23.4. The fourth-order valence-corrected chi connectivity index (χ4v) is 6.82. The molecule has 7 rings (SSSR count). The van der Waals surface area contributed by atoms with Gasteiger partial charge in [0, 0.05) is 30.3 Å². The Balaban J connectivity index is 1.09. The Morgan fingerprint density at radius 1 is 0.875 bits per heavy atom. The molecule has 1 fully saturated rings. The summed E-state index contributed by atoms with van der Waals surface area (Å²) in [6.45, 7) is 2.90. The van der Waals surface area contributed by atoms with Crippen LogP contribution in [0.3, 0.4) is 0 Å². The van der Waals surface area contributed by atoms with Crippen LogP contribution in [0.15, 0.2) is 60.7 Å². The van der Waals surface area contributed by atoms with E-state index in [0.717, 1.165) is 57.7 Å². The third-order valence-corrected chi connectivity index (χ3v) is 9.52. The fourth-order valence-electron chi connectivity index (χ4n) is 6.82. The largest absolute Gasteiger partial charge is 0.508 e. The van der Waals surface area contributed by atoms with Crippen LogP contribution in [0.5, 0.6) is 11.5 Å². The molecule has 1 amide bonds. The summed E-state index contributed by atoms with van der Waals surface area (Å²) < 4.78 is 7.85. The number of phenols is 1. The predicted octanol–water partition coefficient (Wildman–Crippen LogP) is 6.96. The SMILES string of the molecule is Cc1ccc(-c2nnc(CN(C)C(=O)Oc3ccc4c(c3)CCc3cc(O)ccc3-c3c-4nnn3CCC3CCCCCC3)nn2)cc1. The van der Waals surface area contributed by atoms with Crippen molar-refractivity contribution in [1.82, 2.24) is 40.3 Å². The van der Waals surface area contributed by atoms with Crippen LogP contribution in [0.25, 0.3) is 33.9 Å². The Kier molecular flexibility index (Phi) is 9.09. The number of benzene rings is 3. The molecule has 2 aliphatic carbocycles. The summed E-state index contributed by atoms with van der Waals surface area (Å²) in [4.78, 5) is 14.5. The lowest BCUT2D eigenvalue weighted by Gasteiger charge is -2.20. The van der Waals surface area contributed by atoms with Crippen molar-refractivity contribution in [2.24, 2.45) is 5.92 Å². The Morgan fingerprint density at radius 3 is 2.33 bits per heavy atom. The average molecular weight is 645 g/mol. The van der Waals surface area contributed by atoms with E-state index in [2.05, 4.69) is 25.6 Å². The third-order valence-electron chi connectivity index (χ3n) is 9.52. The normalized spacial score (nSPS) is 14.5.